The number of fused-ring (bicyclic) bond motifs is 1. The van der Waals surface area contributed by atoms with E-state index in [2.05, 4.69) is 4.98 Å². The van der Waals surface area contributed by atoms with Gasteiger partial charge in [0.1, 0.15) is 0 Å². The van der Waals surface area contributed by atoms with Gasteiger partial charge in [0.05, 0.1) is 6.42 Å². The van der Waals surface area contributed by atoms with Crippen LogP contribution in [-0.2, 0) is 10.0 Å². The number of nitrogen functional groups attached to an aromatic ring is 1. The Balaban J connectivity index is 2.34. The lowest BCUT2D eigenvalue weighted by molar-refractivity contribution is -0.135. The van der Waals surface area contributed by atoms with Gasteiger partial charge in [-0.3, -0.25) is 4.40 Å². The average molecular weight is 328 g/mol. The lowest BCUT2D eigenvalue weighted by Crippen LogP contribution is -2.31. The van der Waals surface area contributed by atoms with Gasteiger partial charge in [0.25, 0.3) is 10.0 Å². The molecule has 112 valence electrons. The van der Waals surface area contributed by atoms with E-state index in [-0.39, 0.29) is 10.8 Å². The van der Waals surface area contributed by atoms with Crippen molar-refractivity contribution in [1.82, 2.24) is 13.7 Å². The summed E-state index contributed by atoms with van der Waals surface area (Å²) in [6, 6.07) is 0. The minimum Gasteiger partial charge on any atom is -0.381 e. The van der Waals surface area contributed by atoms with Crippen molar-refractivity contribution in [3.05, 3.63) is 11.6 Å². The minimum absolute atomic E-state index is 0.226. The number of hydrogen-bond donors (Lipinski definition) is 1. The minimum atomic E-state index is -4.43. The molecule has 0 amide bonds. The molecule has 0 aliphatic heterocycles. The molecule has 20 heavy (non-hydrogen) atoms. The van der Waals surface area contributed by atoms with E-state index in [1.54, 1.807) is 5.38 Å². The third-order valence-corrected chi connectivity index (χ3v) is 5.26. The van der Waals surface area contributed by atoms with E-state index < -0.39 is 29.2 Å². The quantitative estimate of drug-likeness (QED) is 0.923. The highest BCUT2D eigenvalue weighted by Gasteiger charge is 2.33. The summed E-state index contributed by atoms with van der Waals surface area (Å²) >= 11 is 1.18. The van der Waals surface area contributed by atoms with Crippen LogP contribution in [0.15, 0.2) is 16.6 Å². The number of sulfonamides is 1. The van der Waals surface area contributed by atoms with Crippen LogP contribution >= 0.6 is 11.3 Å². The smallest absolute Gasteiger partial charge is 0.381 e. The van der Waals surface area contributed by atoms with Gasteiger partial charge >= 0.3 is 6.18 Å². The molecule has 0 spiro atoms. The van der Waals surface area contributed by atoms with Gasteiger partial charge in [-0.25, -0.2) is 13.4 Å². The van der Waals surface area contributed by atoms with Gasteiger partial charge in [0.2, 0.25) is 0 Å². The summed E-state index contributed by atoms with van der Waals surface area (Å²) in [4.78, 5) is 4.23. The number of imidazole rings is 1. The number of halogens is 3. The zero-order valence-corrected chi connectivity index (χ0v) is 11.9. The van der Waals surface area contributed by atoms with Gasteiger partial charge in [0.15, 0.2) is 15.8 Å². The van der Waals surface area contributed by atoms with Crippen LogP contribution in [0.1, 0.15) is 6.42 Å². The number of nitrogens with zero attached hydrogens (tertiary/aromatic N) is 3. The van der Waals surface area contributed by atoms with Crippen molar-refractivity contribution in [2.24, 2.45) is 0 Å². The summed E-state index contributed by atoms with van der Waals surface area (Å²) in [5.41, 5.74) is 5.55. The predicted molar refractivity (Wildman–Crippen MR) is 68.0 cm³/mol. The molecule has 2 N–H and O–H groups in total. The number of rotatable bonds is 4. The summed E-state index contributed by atoms with van der Waals surface area (Å²) < 4.78 is 62.9. The fourth-order valence-electron chi connectivity index (χ4n) is 1.59. The molecular weight excluding hydrogens is 317 g/mol. The number of nitrogens with two attached hydrogens (primary N) is 1. The Labute approximate surface area is 116 Å². The standard InChI is InChI=1S/C9H11F3N4O2S2/c1-15(3-2-9(10,11)12)20(17,18)7-6(13)14-8-16(7)4-5-19-8/h4-5H,2-3,13H2,1H3. The van der Waals surface area contributed by atoms with Crippen molar-refractivity contribution in [3.63, 3.8) is 0 Å². The van der Waals surface area contributed by atoms with Gasteiger partial charge < -0.3 is 5.73 Å². The van der Waals surface area contributed by atoms with Crippen LogP contribution < -0.4 is 5.73 Å². The van der Waals surface area contributed by atoms with Crippen molar-refractivity contribution >= 4 is 32.1 Å². The van der Waals surface area contributed by atoms with Crippen molar-refractivity contribution in [2.75, 3.05) is 19.3 Å². The fourth-order valence-corrected chi connectivity index (χ4v) is 3.70. The van der Waals surface area contributed by atoms with E-state index in [1.807, 2.05) is 0 Å². The first-order chi connectivity index (χ1) is 9.13. The summed E-state index contributed by atoms with van der Waals surface area (Å²) in [6.45, 7) is -0.678. The van der Waals surface area contributed by atoms with Gasteiger partial charge in [-0.15, -0.1) is 11.3 Å². The Morgan fingerprint density at radius 3 is 2.75 bits per heavy atom. The molecular formula is C9H11F3N4O2S2. The molecule has 2 rings (SSSR count). The largest absolute Gasteiger partial charge is 0.390 e. The molecule has 0 radical (unpaired) electrons. The van der Waals surface area contributed by atoms with Crippen molar-refractivity contribution < 1.29 is 21.6 Å². The van der Waals surface area contributed by atoms with Gasteiger partial charge in [-0.2, -0.15) is 17.5 Å². The summed E-state index contributed by atoms with van der Waals surface area (Å²) in [7, 11) is -3.05. The van der Waals surface area contributed by atoms with Crippen LogP contribution in [0.25, 0.3) is 4.96 Å². The van der Waals surface area contributed by atoms with Crippen molar-refractivity contribution in [2.45, 2.75) is 17.6 Å². The number of aromatic nitrogens is 2. The maximum Gasteiger partial charge on any atom is 0.390 e. The Morgan fingerprint density at radius 1 is 1.50 bits per heavy atom. The average Bonchev–Trinajstić information content (AvgIpc) is 2.83. The highest BCUT2D eigenvalue weighted by Crippen LogP contribution is 2.27. The number of alkyl halides is 3. The van der Waals surface area contributed by atoms with Gasteiger partial charge in [0, 0.05) is 25.2 Å². The number of anilines is 1. The van der Waals surface area contributed by atoms with E-state index in [0.29, 0.717) is 9.27 Å². The topological polar surface area (TPSA) is 80.7 Å². The second-order valence-corrected chi connectivity index (χ2v) is 6.88. The highest BCUT2D eigenvalue weighted by molar-refractivity contribution is 7.89. The molecule has 0 saturated carbocycles. The fraction of sp³-hybridized carbons (Fsp3) is 0.444. The molecule has 2 aromatic heterocycles. The third-order valence-electron chi connectivity index (χ3n) is 2.61. The van der Waals surface area contributed by atoms with E-state index >= 15 is 0 Å². The van der Waals surface area contributed by atoms with Crippen molar-refractivity contribution in [3.8, 4) is 0 Å². The van der Waals surface area contributed by atoms with Crippen LogP contribution in [0.3, 0.4) is 0 Å². The normalized spacial score (nSPS) is 13.4. The second-order valence-electron chi connectivity index (χ2n) is 4.05. The number of thiazole rings is 1. The van der Waals surface area contributed by atoms with Crippen molar-refractivity contribution in [1.29, 1.82) is 0 Å². The summed E-state index contributed by atoms with van der Waals surface area (Å²) in [5, 5.41) is 1.30. The lowest BCUT2D eigenvalue weighted by Gasteiger charge is -2.17. The maximum atomic E-state index is 12.3. The first-order valence-electron chi connectivity index (χ1n) is 5.37. The highest BCUT2D eigenvalue weighted by atomic mass is 32.2. The maximum absolute atomic E-state index is 12.3. The van der Waals surface area contributed by atoms with Crippen LogP contribution in [0.5, 0.6) is 0 Å². The Kier molecular flexibility index (Phi) is 3.69. The third kappa shape index (κ3) is 2.74. The predicted octanol–water partition coefficient (Wildman–Crippen LogP) is 1.55. The summed E-state index contributed by atoms with van der Waals surface area (Å²) in [5.74, 6) is -0.226. The Morgan fingerprint density at radius 2 is 2.15 bits per heavy atom. The van der Waals surface area contributed by atoms with Crippen LogP contribution in [-0.4, -0.2) is 41.9 Å². The lowest BCUT2D eigenvalue weighted by atomic mass is 10.4. The monoisotopic (exact) mass is 328 g/mol. The van der Waals surface area contributed by atoms with Crippen LogP contribution in [0, 0.1) is 0 Å². The molecule has 0 unspecified atom stereocenters. The van der Waals surface area contributed by atoms with Crippen LogP contribution in [0.4, 0.5) is 19.0 Å². The molecule has 2 heterocycles. The van der Waals surface area contributed by atoms with E-state index in [9.17, 15) is 21.6 Å². The first kappa shape index (κ1) is 15.1. The van der Waals surface area contributed by atoms with E-state index in [1.165, 1.54) is 21.9 Å². The van der Waals surface area contributed by atoms with E-state index in [0.717, 1.165) is 7.05 Å². The molecule has 2 aromatic rings. The molecule has 0 aliphatic rings. The zero-order valence-electron chi connectivity index (χ0n) is 10.3. The molecule has 11 heteroatoms. The molecule has 0 bridgehead atoms. The molecule has 0 aromatic carbocycles. The molecule has 0 saturated heterocycles. The van der Waals surface area contributed by atoms with Gasteiger partial charge in [-0.1, -0.05) is 0 Å². The second kappa shape index (κ2) is 4.90. The summed E-state index contributed by atoms with van der Waals surface area (Å²) in [6.07, 6.45) is -4.20. The Bertz CT molecular complexity index is 719. The van der Waals surface area contributed by atoms with E-state index in [4.69, 9.17) is 5.73 Å². The molecule has 6 nitrogen and oxygen atoms in total. The van der Waals surface area contributed by atoms with Gasteiger partial charge in [-0.05, 0) is 0 Å². The SMILES string of the molecule is CN(CCC(F)(F)F)S(=O)(=O)c1c(N)nc2sccn12. The molecule has 0 atom stereocenters. The number of hydrogen-bond acceptors (Lipinski definition) is 5. The zero-order chi connectivity index (χ0) is 15.1. The Hall–Kier alpha value is -1.33. The first-order valence-corrected chi connectivity index (χ1v) is 7.69. The van der Waals surface area contributed by atoms with Crippen LogP contribution in [0.2, 0.25) is 0 Å². The molecule has 0 aliphatic carbocycles. The molecule has 0 fully saturated rings.